The van der Waals surface area contributed by atoms with Gasteiger partial charge in [-0.3, -0.25) is 0 Å². The topological polar surface area (TPSA) is 67.3 Å². The Morgan fingerprint density at radius 3 is 2.92 bits per heavy atom. The molecule has 128 valence electrons. The lowest BCUT2D eigenvalue weighted by molar-refractivity contribution is 0.0228. The van der Waals surface area contributed by atoms with E-state index in [1.54, 1.807) is 0 Å². The van der Waals surface area contributed by atoms with Gasteiger partial charge >= 0.3 is 6.03 Å². The first-order valence-corrected chi connectivity index (χ1v) is 9.25. The molecule has 2 amide bonds. The van der Waals surface area contributed by atoms with Gasteiger partial charge in [-0.1, -0.05) is 0 Å². The summed E-state index contributed by atoms with van der Waals surface area (Å²) in [5, 5.41) is 3.03. The van der Waals surface area contributed by atoms with Crippen molar-refractivity contribution in [3.05, 3.63) is 23.3 Å². The zero-order valence-electron chi connectivity index (χ0n) is 13.9. The quantitative estimate of drug-likeness (QED) is 0.916. The van der Waals surface area contributed by atoms with Crippen LogP contribution in [0.15, 0.2) is 6.20 Å². The Labute approximate surface area is 142 Å². The molecule has 0 radical (unpaired) electrons. The van der Waals surface area contributed by atoms with E-state index in [1.165, 1.54) is 25.7 Å². The molecule has 2 atom stereocenters. The maximum atomic E-state index is 12.6. The van der Waals surface area contributed by atoms with Crippen molar-refractivity contribution in [3.8, 4) is 0 Å². The number of likely N-dealkylation sites (tertiary alicyclic amines) is 1. The van der Waals surface area contributed by atoms with Gasteiger partial charge in [0, 0.05) is 36.7 Å². The van der Waals surface area contributed by atoms with Crippen molar-refractivity contribution in [2.45, 2.75) is 51.3 Å². The number of rotatable bonds is 4. The van der Waals surface area contributed by atoms with E-state index in [9.17, 15) is 4.79 Å². The van der Waals surface area contributed by atoms with Crippen LogP contribution in [-0.2, 0) is 24.3 Å². The molecule has 2 aliphatic carbocycles. The lowest BCUT2D eigenvalue weighted by Gasteiger charge is -2.49. The molecule has 0 spiro atoms. The van der Waals surface area contributed by atoms with Gasteiger partial charge in [0.2, 0.25) is 0 Å². The van der Waals surface area contributed by atoms with E-state index in [4.69, 9.17) is 4.74 Å². The van der Waals surface area contributed by atoms with Crippen molar-refractivity contribution >= 4 is 6.03 Å². The number of carbonyl (C=O) groups is 1. The van der Waals surface area contributed by atoms with Gasteiger partial charge in [-0.2, -0.15) is 0 Å². The van der Waals surface area contributed by atoms with Gasteiger partial charge in [-0.15, -0.1) is 0 Å². The van der Waals surface area contributed by atoms with Gasteiger partial charge in [-0.25, -0.2) is 14.8 Å². The van der Waals surface area contributed by atoms with Gasteiger partial charge in [-0.05, 0) is 37.5 Å². The van der Waals surface area contributed by atoms with Crippen LogP contribution in [0, 0.1) is 17.8 Å². The fourth-order valence-corrected chi connectivity index (χ4v) is 4.28. The monoisotopic (exact) mass is 328 g/mol. The number of aromatic nitrogens is 2. The molecule has 1 saturated heterocycles. The number of urea groups is 1. The summed E-state index contributed by atoms with van der Waals surface area (Å²) in [4.78, 5) is 23.6. The number of amides is 2. The molecule has 2 aliphatic heterocycles. The molecule has 6 nitrogen and oxygen atoms in total. The molecule has 3 heterocycles. The first-order valence-electron chi connectivity index (χ1n) is 9.25. The van der Waals surface area contributed by atoms with Crippen LogP contribution in [0.3, 0.4) is 0 Å². The highest BCUT2D eigenvalue weighted by atomic mass is 16.5. The molecular weight excluding hydrogens is 304 g/mol. The molecule has 1 aromatic heterocycles. The summed E-state index contributed by atoms with van der Waals surface area (Å²) in [7, 11) is 0. The molecule has 1 N–H and O–H groups in total. The molecule has 24 heavy (non-hydrogen) atoms. The Bertz CT molecular complexity index is 656. The normalized spacial score (nSPS) is 28.9. The average Bonchev–Trinajstić information content (AvgIpc) is 3.47. The number of nitrogens with zero attached hydrogens (tertiary/aromatic N) is 3. The van der Waals surface area contributed by atoms with Gasteiger partial charge in [0.1, 0.15) is 5.82 Å². The minimum atomic E-state index is 0.0634. The lowest BCUT2D eigenvalue weighted by Crippen LogP contribution is -2.62. The maximum Gasteiger partial charge on any atom is 0.318 e. The Morgan fingerprint density at radius 2 is 2.12 bits per heavy atom. The molecule has 3 fully saturated rings. The first-order chi connectivity index (χ1) is 11.8. The van der Waals surface area contributed by atoms with Gasteiger partial charge in [0.05, 0.1) is 25.5 Å². The van der Waals surface area contributed by atoms with Crippen molar-refractivity contribution in [2.24, 2.45) is 17.8 Å². The summed E-state index contributed by atoms with van der Waals surface area (Å²) < 4.78 is 5.41. The molecule has 4 aliphatic rings. The molecule has 5 rings (SSSR count). The first kappa shape index (κ1) is 14.6. The number of nitrogens with one attached hydrogen (secondary N) is 1. The Morgan fingerprint density at radius 1 is 1.29 bits per heavy atom. The average molecular weight is 328 g/mol. The second kappa shape index (κ2) is 5.69. The van der Waals surface area contributed by atoms with E-state index >= 15 is 0 Å². The highest BCUT2D eigenvalue weighted by molar-refractivity contribution is 5.75. The summed E-state index contributed by atoms with van der Waals surface area (Å²) in [6.07, 6.45) is 8.01. The SMILES string of the molecule is O=C(NCc1ncc2c(n1)CCOC2)N1CC(C2CC2)C1C1CC1. The number of fused-ring (bicyclic) bond motifs is 1. The summed E-state index contributed by atoms with van der Waals surface area (Å²) >= 11 is 0. The van der Waals surface area contributed by atoms with Gasteiger partial charge in [0.25, 0.3) is 0 Å². The lowest BCUT2D eigenvalue weighted by atomic mass is 9.81. The summed E-state index contributed by atoms with van der Waals surface area (Å²) in [6.45, 7) is 2.67. The maximum absolute atomic E-state index is 12.6. The Kier molecular flexibility index (Phi) is 3.47. The second-order valence-electron chi connectivity index (χ2n) is 7.70. The molecule has 2 unspecified atom stereocenters. The van der Waals surface area contributed by atoms with Crippen molar-refractivity contribution < 1.29 is 9.53 Å². The van der Waals surface area contributed by atoms with Crippen LogP contribution in [-0.4, -0.2) is 40.1 Å². The van der Waals surface area contributed by atoms with E-state index in [-0.39, 0.29) is 6.03 Å². The second-order valence-corrected chi connectivity index (χ2v) is 7.70. The third-order valence-electron chi connectivity index (χ3n) is 5.94. The number of hydrogen-bond acceptors (Lipinski definition) is 4. The Balaban J connectivity index is 1.20. The minimum absolute atomic E-state index is 0.0634. The van der Waals surface area contributed by atoms with Crippen molar-refractivity contribution in [1.29, 1.82) is 0 Å². The van der Waals surface area contributed by atoms with E-state index in [2.05, 4.69) is 20.2 Å². The standard InChI is InChI=1S/C18H24N4O2/c23-18(22-9-14(11-1-2-11)17(22)12-3-4-12)20-8-16-19-7-13-10-24-6-5-15(13)21-16/h7,11-12,14,17H,1-6,8-10H2,(H,20,23). The zero-order chi connectivity index (χ0) is 16.1. The van der Waals surface area contributed by atoms with Crippen LogP contribution in [0.5, 0.6) is 0 Å². The zero-order valence-corrected chi connectivity index (χ0v) is 13.9. The van der Waals surface area contributed by atoms with Gasteiger partial charge in [0.15, 0.2) is 0 Å². The number of carbonyl (C=O) groups excluding carboxylic acids is 1. The molecule has 0 aromatic carbocycles. The largest absolute Gasteiger partial charge is 0.376 e. The minimum Gasteiger partial charge on any atom is -0.376 e. The van der Waals surface area contributed by atoms with Gasteiger partial charge < -0.3 is 15.0 Å². The van der Waals surface area contributed by atoms with E-state index in [1.807, 2.05) is 6.20 Å². The van der Waals surface area contributed by atoms with Crippen LogP contribution in [0.4, 0.5) is 4.79 Å². The predicted octanol–water partition coefficient (Wildman–Crippen LogP) is 1.88. The van der Waals surface area contributed by atoms with E-state index < -0.39 is 0 Å². The van der Waals surface area contributed by atoms with Crippen molar-refractivity contribution in [3.63, 3.8) is 0 Å². The number of ether oxygens (including phenoxy) is 1. The van der Waals surface area contributed by atoms with E-state index in [0.717, 1.165) is 48.6 Å². The molecule has 0 bridgehead atoms. The molecule has 2 saturated carbocycles. The number of hydrogen-bond donors (Lipinski definition) is 1. The van der Waals surface area contributed by atoms with Crippen LogP contribution < -0.4 is 5.32 Å². The fraction of sp³-hybridized carbons (Fsp3) is 0.722. The highest BCUT2D eigenvalue weighted by Gasteiger charge is 2.54. The third-order valence-corrected chi connectivity index (χ3v) is 5.94. The van der Waals surface area contributed by atoms with Crippen LogP contribution in [0.1, 0.15) is 42.8 Å². The van der Waals surface area contributed by atoms with Crippen molar-refractivity contribution in [2.75, 3.05) is 13.2 Å². The molecular formula is C18H24N4O2. The van der Waals surface area contributed by atoms with Crippen LogP contribution in [0.25, 0.3) is 0 Å². The summed E-state index contributed by atoms with van der Waals surface area (Å²) in [5.41, 5.74) is 2.13. The van der Waals surface area contributed by atoms with Crippen LogP contribution in [0.2, 0.25) is 0 Å². The third kappa shape index (κ3) is 2.66. The Hall–Kier alpha value is -1.69. The summed E-state index contributed by atoms with van der Waals surface area (Å²) in [6, 6.07) is 0.563. The van der Waals surface area contributed by atoms with Crippen molar-refractivity contribution in [1.82, 2.24) is 20.2 Å². The van der Waals surface area contributed by atoms with E-state index in [0.29, 0.717) is 25.0 Å². The van der Waals surface area contributed by atoms with Crippen LogP contribution >= 0.6 is 0 Å². The molecule has 6 heteroatoms. The smallest absolute Gasteiger partial charge is 0.318 e. The highest BCUT2D eigenvalue weighted by Crippen LogP contribution is 2.52. The molecule has 1 aromatic rings. The summed E-state index contributed by atoms with van der Waals surface area (Å²) in [5.74, 6) is 3.12. The predicted molar refractivity (Wildman–Crippen MR) is 87.1 cm³/mol. The fourth-order valence-electron chi connectivity index (χ4n) is 4.28.